The Bertz CT molecular complexity index is 559. The number of nitrogens with one attached hydrogen (secondary N) is 2. The minimum atomic E-state index is -3.20. The molecule has 1 aliphatic rings. The van der Waals surface area contributed by atoms with E-state index in [1.165, 1.54) is 12.1 Å². The monoisotopic (exact) mass is 296 g/mol. The molecule has 1 amide bonds. The molecule has 20 heavy (non-hydrogen) atoms. The van der Waals surface area contributed by atoms with Crippen molar-refractivity contribution in [3.63, 3.8) is 0 Å². The zero-order valence-corrected chi connectivity index (χ0v) is 12.4. The number of rotatable bonds is 3. The Morgan fingerprint density at radius 2 is 1.90 bits per heavy atom. The Balaban J connectivity index is 2.00. The predicted molar refractivity (Wildman–Crippen MR) is 78.4 cm³/mol. The fourth-order valence-corrected chi connectivity index (χ4v) is 2.90. The Morgan fingerprint density at radius 3 is 2.55 bits per heavy atom. The molecule has 0 spiro atoms. The second kappa shape index (κ2) is 6.37. The normalized spacial score (nSPS) is 20.1. The van der Waals surface area contributed by atoms with Crippen LogP contribution in [0.1, 0.15) is 25.7 Å². The Kier molecular flexibility index (Phi) is 4.77. The van der Waals surface area contributed by atoms with E-state index in [-0.39, 0.29) is 16.8 Å². The third-order valence-electron chi connectivity index (χ3n) is 3.43. The van der Waals surface area contributed by atoms with Crippen LogP contribution < -0.4 is 10.6 Å². The van der Waals surface area contributed by atoms with Gasteiger partial charge in [0.1, 0.15) is 0 Å². The maximum absolute atomic E-state index is 12.1. The summed E-state index contributed by atoms with van der Waals surface area (Å²) in [7, 11) is -3.20. The van der Waals surface area contributed by atoms with Crippen molar-refractivity contribution < 1.29 is 13.2 Å². The van der Waals surface area contributed by atoms with E-state index in [0.717, 1.165) is 38.5 Å². The van der Waals surface area contributed by atoms with Crippen LogP contribution in [0, 0.1) is 0 Å². The molecule has 1 aromatic rings. The third-order valence-corrected chi connectivity index (χ3v) is 4.56. The highest BCUT2D eigenvalue weighted by atomic mass is 32.2. The lowest BCUT2D eigenvalue weighted by Gasteiger charge is -2.15. The van der Waals surface area contributed by atoms with Crippen molar-refractivity contribution in [2.45, 2.75) is 36.6 Å². The van der Waals surface area contributed by atoms with Crippen LogP contribution in [0.4, 0.5) is 5.69 Å². The summed E-state index contributed by atoms with van der Waals surface area (Å²) in [5, 5.41) is 6.05. The van der Waals surface area contributed by atoms with Crippen molar-refractivity contribution in [1.29, 1.82) is 0 Å². The van der Waals surface area contributed by atoms with Crippen molar-refractivity contribution >= 4 is 21.4 Å². The van der Waals surface area contributed by atoms with Gasteiger partial charge in [-0.15, -0.1) is 0 Å². The lowest BCUT2D eigenvalue weighted by atomic mass is 10.1. The van der Waals surface area contributed by atoms with Crippen LogP contribution in [0.25, 0.3) is 0 Å². The Morgan fingerprint density at radius 1 is 1.20 bits per heavy atom. The highest BCUT2D eigenvalue weighted by Crippen LogP contribution is 2.15. The standard InChI is InChI=1S/C14H20N2O3S/c1-20(18,19)12-8-6-11(7-9-12)16-14(17)13-5-3-2-4-10-15-13/h6-9,13,15H,2-5,10H2,1H3,(H,16,17). The quantitative estimate of drug-likeness (QED) is 0.887. The number of anilines is 1. The first kappa shape index (κ1) is 15.0. The van der Waals surface area contributed by atoms with Gasteiger partial charge in [-0.25, -0.2) is 8.42 Å². The molecule has 1 atom stereocenters. The van der Waals surface area contributed by atoms with Crippen LogP contribution in [0.2, 0.25) is 0 Å². The van der Waals surface area contributed by atoms with Crippen LogP contribution >= 0.6 is 0 Å². The summed E-state index contributed by atoms with van der Waals surface area (Å²) in [6.45, 7) is 0.866. The van der Waals surface area contributed by atoms with Crippen molar-refractivity contribution in [3.05, 3.63) is 24.3 Å². The predicted octanol–water partition coefficient (Wildman–Crippen LogP) is 1.56. The molecule has 1 aromatic carbocycles. The zero-order valence-electron chi connectivity index (χ0n) is 11.6. The highest BCUT2D eigenvalue weighted by molar-refractivity contribution is 7.90. The van der Waals surface area contributed by atoms with Gasteiger partial charge in [-0.05, 0) is 43.7 Å². The van der Waals surface area contributed by atoms with Crippen LogP contribution in [-0.4, -0.2) is 33.2 Å². The maximum atomic E-state index is 12.1. The van der Waals surface area contributed by atoms with E-state index in [9.17, 15) is 13.2 Å². The number of benzene rings is 1. The van der Waals surface area contributed by atoms with Gasteiger partial charge in [0.05, 0.1) is 10.9 Å². The first-order chi connectivity index (χ1) is 9.47. The van der Waals surface area contributed by atoms with Gasteiger partial charge in [0.15, 0.2) is 9.84 Å². The SMILES string of the molecule is CS(=O)(=O)c1ccc(NC(=O)C2CCCCCN2)cc1. The minimum absolute atomic E-state index is 0.0565. The van der Waals surface area contributed by atoms with Gasteiger partial charge in [-0.3, -0.25) is 4.79 Å². The van der Waals surface area contributed by atoms with Gasteiger partial charge in [-0.2, -0.15) is 0 Å². The van der Waals surface area contributed by atoms with Gasteiger partial charge in [-0.1, -0.05) is 12.8 Å². The van der Waals surface area contributed by atoms with E-state index >= 15 is 0 Å². The van der Waals surface area contributed by atoms with Gasteiger partial charge < -0.3 is 10.6 Å². The highest BCUT2D eigenvalue weighted by Gasteiger charge is 2.19. The third kappa shape index (κ3) is 4.05. The molecule has 0 aliphatic carbocycles. The van der Waals surface area contributed by atoms with Crippen LogP contribution in [0.5, 0.6) is 0 Å². The molecule has 1 saturated heterocycles. The summed E-state index contributed by atoms with van der Waals surface area (Å²) >= 11 is 0. The summed E-state index contributed by atoms with van der Waals surface area (Å²) in [6.07, 6.45) is 5.31. The van der Waals surface area contributed by atoms with E-state index in [2.05, 4.69) is 10.6 Å². The van der Waals surface area contributed by atoms with Crippen LogP contribution in [0.15, 0.2) is 29.2 Å². The summed E-state index contributed by atoms with van der Waals surface area (Å²) in [5.74, 6) is -0.0565. The largest absolute Gasteiger partial charge is 0.325 e. The van der Waals surface area contributed by atoms with Crippen molar-refractivity contribution in [1.82, 2.24) is 5.32 Å². The fourth-order valence-electron chi connectivity index (χ4n) is 2.27. The number of carbonyl (C=O) groups is 1. The molecule has 2 rings (SSSR count). The van der Waals surface area contributed by atoms with Gasteiger partial charge in [0.2, 0.25) is 5.91 Å². The van der Waals surface area contributed by atoms with Crippen LogP contribution in [0.3, 0.4) is 0 Å². The molecule has 5 nitrogen and oxygen atoms in total. The summed E-state index contributed by atoms with van der Waals surface area (Å²) in [5.41, 5.74) is 0.619. The first-order valence-corrected chi connectivity index (χ1v) is 8.70. The molecule has 110 valence electrons. The topological polar surface area (TPSA) is 75.3 Å². The van der Waals surface area contributed by atoms with E-state index in [0.29, 0.717) is 5.69 Å². The smallest absolute Gasteiger partial charge is 0.241 e. The lowest BCUT2D eigenvalue weighted by molar-refractivity contribution is -0.118. The van der Waals surface area contributed by atoms with E-state index in [4.69, 9.17) is 0 Å². The van der Waals surface area contributed by atoms with Crippen LogP contribution in [-0.2, 0) is 14.6 Å². The summed E-state index contributed by atoms with van der Waals surface area (Å²) in [6, 6.07) is 6.08. The molecule has 1 heterocycles. The second-order valence-corrected chi connectivity index (χ2v) is 7.16. The number of carbonyl (C=O) groups excluding carboxylic acids is 1. The maximum Gasteiger partial charge on any atom is 0.241 e. The molecule has 0 saturated carbocycles. The number of sulfone groups is 1. The van der Waals surface area contributed by atoms with E-state index < -0.39 is 9.84 Å². The Hall–Kier alpha value is -1.40. The van der Waals surface area contributed by atoms with Crippen molar-refractivity contribution in [2.24, 2.45) is 0 Å². The summed E-state index contributed by atoms with van der Waals surface area (Å²) < 4.78 is 22.7. The molecule has 0 radical (unpaired) electrons. The van der Waals surface area contributed by atoms with E-state index in [1.54, 1.807) is 12.1 Å². The number of hydrogen-bond acceptors (Lipinski definition) is 4. The Labute approximate surface area is 119 Å². The molecular formula is C14H20N2O3S. The van der Waals surface area contributed by atoms with Gasteiger partial charge >= 0.3 is 0 Å². The van der Waals surface area contributed by atoms with E-state index in [1.807, 2.05) is 0 Å². The fraction of sp³-hybridized carbons (Fsp3) is 0.500. The minimum Gasteiger partial charge on any atom is -0.325 e. The molecule has 0 bridgehead atoms. The zero-order chi connectivity index (χ0) is 14.6. The molecule has 1 unspecified atom stereocenters. The molecule has 6 heteroatoms. The van der Waals surface area contributed by atoms with Crippen molar-refractivity contribution in [3.8, 4) is 0 Å². The first-order valence-electron chi connectivity index (χ1n) is 6.81. The molecule has 2 N–H and O–H groups in total. The molecule has 0 aromatic heterocycles. The summed E-state index contributed by atoms with van der Waals surface area (Å²) in [4.78, 5) is 12.4. The van der Waals surface area contributed by atoms with Gasteiger partial charge in [0, 0.05) is 11.9 Å². The number of hydrogen-bond donors (Lipinski definition) is 2. The average molecular weight is 296 g/mol. The molecule has 1 aliphatic heterocycles. The number of amides is 1. The van der Waals surface area contributed by atoms with Gasteiger partial charge in [0.25, 0.3) is 0 Å². The second-order valence-electron chi connectivity index (χ2n) is 5.14. The molecule has 1 fully saturated rings. The van der Waals surface area contributed by atoms with Crippen molar-refractivity contribution in [2.75, 3.05) is 18.1 Å². The lowest BCUT2D eigenvalue weighted by Crippen LogP contribution is -2.39. The molecular weight excluding hydrogens is 276 g/mol. The average Bonchev–Trinajstić information content (AvgIpc) is 2.67.